The van der Waals surface area contributed by atoms with Gasteiger partial charge in [-0.25, -0.2) is 9.59 Å². The quantitative estimate of drug-likeness (QED) is 0.565. The second kappa shape index (κ2) is 5.33. The Morgan fingerprint density at radius 3 is 1.33 bits per heavy atom. The van der Waals surface area contributed by atoms with Crippen molar-refractivity contribution in [3.8, 4) is 0 Å². The molecule has 9 heavy (non-hydrogen) atoms. The summed E-state index contributed by atoms with van der Waals surface area (Å²) in [7, 11) is 0. The molecule has 0 spiro atoms. The SMILES string of the molecule is O=C(O)/C=C/C(=O)O.[Co]. The third kappa shape index (κ3) is 11.0. The van der Waals surface area contributed by atoms with Crippen LogP contribution in [0.25, 0.3) is 0 Å². The summed E-state index contributed by atoms with van der Waals surface area (Å²) in [6.45, 7) is 0. The summed E-state index contributed by atoms with van der Waals surface area (Å²) >= 11 is 0. The number of hydrogen-bond acceptors (Lipinski definition) is 2. The van der Waals surface area contributed by atoms with E-state index in [0.717, 1.165) is 0 Å². The van der Waals surface area contributed by atoms with Gasteiger partial charge in [-0.1, -0.05) is 0 Å². The molecule has 0 aromatic carbocycles. The molecule has 0 fully saturated rings. The van der Waals surface area contributed by atoms with Crippen molar-refractivity contribution in [2.75, 3.05) is 0 Å². The molecule has 53 valence electrons. The Labute approximate surface area is 61.4 Å². The van der Waals surface area contributed by atoms with Gasteiger partial charge >= 0.3 is 11.9 Å². The molecule has 0 saturated heterocycles. The summed E-state index contributed by atoms with van der Waals surface area (Å²) in [6.07, 6.45) is 1.12. The number of carboxylic acids is 2. The van der Waals surface area contributed by atoms with E-state index >= 15 is 0 Å². The van der Waals surface area contributed by atoms with E-state index < -0.39 is 11.9 Å². The minimum absolute atomic E-state index is 0. The van der Waals surface area contributed by atoms with Crippen LogP contribution in [0.2, 0.25) is 0 Å². The number of aliphatic carboxylic acids is 2. The Bertz CT molecular complexity index is 124. The Kier molecular flexibility index (Phi) is 6.54. The average Bonchev–Trinajstić information content (AvgIpc) is 1.61. The van der Waals surface area contributed by atoms with E-state index in [1.165, 1.54) is 0 Å². The van der Waals surface area contributed by atoms with Gasteiger partial charge in [0, 0.05) is 28.9 Å². The number of carboxylic acid groups (broad SMARTS) is 2. The first-order chi connectivity index (χ1) is 3.63. The van der Waals surface area contributed by atoms with E-state index in [2.05, 4.69) is 0 Å². The van der Waals surface area contributed by atoms with Crippen LogP contribution in [0.3, 0.4) is 0 Å². The fraction of sp³-hybridized carbons (Fsp3) is 0. The molecule has 0 bridgehead atoms. The molecular weight excluding hydrogens is 171 g/mol. The van der Waals surface area contributed by atoms with Crippen LogP contribution in [0, 0.1) is 0 Å². The van der Waals surface area contributed by atoms with Crippen LogP contribution in [0.5, 0.6) is 0 Å². The van der Waals surface area contributed by atoms with Crippen molar-refractivity contribution < 1.29 is 36.6 Å². The summed E-state index contributed by atoms with van der Waals surface area (Å²) in [5, 5.41) is 15.6. The second-order valence-electron chi connectivity index (χ2n) is 1.01. The maximum Gasteiger partial charge on any atom is 0.328 e. The first kappa shape index (κ1) is 11.0. The third-order valence-corrected chi connectivity index (χ3v) is 0.368. The maximum atomic E-state index is 9.55. The van der Waals surface area contributed by atoms with Crippen LogP contribution in [-0.4, -0.2) is 22.2 Å². The van der Waals surface area contributed by atoms with Gasteiger partial charge in [-0.3, -0.25) is 0 Å². The minimum atomic E-state index is -1.26. The number of carbonyl (C=O) groups is 2. The summed E-state index contributed by atoms with van der Waals surface area (Å²) in [4.78, 5) is 19.1. The largest absolute Gasteiger partial charge is 0.478 e. The summed E-state index contributed by atoms with van der Waals surface area (Å²) in [5.74, 6) is -2.51. The zero-order chi connectivity index (χ0) is 6.57. The molecule has 0 aromatic rings. The molecule has 1 radical (unpaired) electrons. The standard InChI is InChI=1S/C4H4O4.Co/c5-3(6)1-2-4(7)8;/h1-2H,(H,5,6)(H,7,8);/b2-1+;. The van der Waals surface area contributed by atoms with Crippen molar-refractivity contribution in [3.63, 3.8) is 0 Å². The van der Waals surface area contributed by atoms with Crippen molar-refractivity contribution in [2.45, 2.75) is 0 Å². The Morgan fingerprint density at radius 1 is 1.00 bits per heavy atom. The minimum Gasteiger partial charge on any atom is -0.478 e. The van der Waals surface area contributed by atoms with Crippen LogP contribution >= 0.6 is 0 Å². The van der Waals surface area contributed by atoms with E-state index in [9.17, 15) is 9.59 Å². The van der Waals surface area contributed by atoms with Gasteiger partial charge in [-0.05, 0) is 0 Å². The van der Waals surface area contributed by atoms with Crippen LogP contribution in [0.15, 0.2) is 12.2 Å². The zero-order valence-electron chi connectivity index (χ0n) is 4.20. The normalized spacial score (nSPS) is 8.44. The summed E-state index contributed by atoms with van der Waals surface area (Å²) in [6, 6.07) is 0. The molecule has 2 N–H and O–H groups in total. The van der Waals surface area contributed by atoms with Gasteiger partial charge < -0.3 is 10.2 Å². The van der Waals surface area contributed by atoms with E-state index in [0.29, 0.717) is 12.2 Å². The van der Waals surface area contributed by atoms with Gasteiger partial charge in [-0.15, -0.1) is 0 Å². The summed E-state index contributed by atoms with van der Waals surface area (Å²) in [5.41, 5.74) is 0. The van der Waals surface area contributed by atoms with E-state index in [1.54, 1.807) is 0 Å². The molecule has 0 rings (SSSR count). The molecule has 0 aliphatic carbocycles. The van der Waals surface area contributed by atoms with Crippen molar-refractivity contribution in [1.29, 1.82) is 0 Å². The molecule has 0 aromatic heterocycles. The average molecular weight is 175 g/mol. The van der Waals surface area contributed by atoms with Crippen molar-refractivity contribution in [2.24, 2.45) is 0 Å². The molecule has 4 nitrogen and oxygen atoms in total. The fourth-order valence-electron chi connectivity index (χ4n) is 0.143. The number of hydrogen-bond donors (Lipinski definition) is 2. The first-order valence-electron chi connectivity index (χ1n) is 1.77. The van der Waals surface area contributed by atoms with Crippen molar-refractivity contribution >= 4 is 11.9 Å². The predicted molar refractivity (Wildman–Crippen MR) is 24.4 cm³/mol. The molecule has 0 saturated carbocycles. The second-order valence-corrected chi connectivity index (χ2v) is 1.01. The van der Waals surface area contributed by atoms with Gasteiger partial charge in [0.2, 0.25) is 0 Å². The third-order valence-electron chi connectivity index (χ3n) is 0.368. The van der Waals surface area contributed by atoms with Crippen molar-refractivity contribution in [3.05, 3.63) is 12.2 Å². The monoisotopic (exact) mass is 175 g/mol. The molecule has 5 heteroatoms. The smallest absolute Gasteiger partial charge is 0.328 e. The van der Waals surface area contributed by atoms with Gasteiger partial charge in [0.1, 0.15) is 0 Å². The molecule has 0 heterocycles. The van der Waals surface area contributed by atoms with Crippen LogP contribution in [0.1, 0.15) is 0 Å². The van der Waals surface area contributed by atoms with Gasteiger partial charge in [0.25, 0.3) is 0 Å². The molecule has 0 atom stereocenters. The zero-order valence-corrected chi connectivity index (χ0v) is 5.24. The van der Waals surface area contributed by atoms with Crippen LogP contribution in [0.4, 0.5) is 0 Å². The summed E-state index contributed by atoms with van der Waals surface area (Å²) < 4.78 is 0. The van der Waals surface area contributed by atoms with Crippen LogP contribution in [-0.2, 0) is 26.4 Å². The van der Waals surface area contributed by atoms with Crippen molar-refractivity contribution in [1.82, 2.24) is 0 Å². The van der Waals surface area contributed by atoms with Crippen LogP contribution < -0.4 is 0 Å². The van der Waals surface area contributed by atoms with Gasteiger partial charge in [0.15, 0.2) is 0 Å². The fourth-order valence-corrected chi connectivity index (χ4v) is 0.143. The molecule has 0 unspecified atom stereocenters. The Balaban J connectivity index is 0. The van der Waals surface area contributed by atoms with Gasteiger partial charge in [0.05, 0.1) is 0 Å². The van der Waals surface area contributed by atoms with E-state index in [1.807, 2.05) is 0 Å². The molecule has 0 amide bonds. The maximum absolute atomic E-state index is 9.55. The Morgan fingerprint density at radius 2 is 1.22 bits per heavy atom. The topological polar surface area (TPSA) is 74.6 Å². The first-order valence-corrected chi connectivity index (χ1v) is 1.77. The number of rotatable bonds is 2. The molecular formula is C4H4CoO4. The molecule has 0 aliphatic heterocycles. The van der Waals surface area contributed by atoms with E-state index in [-0.39, 0.29) is 16.8 Å². The van der Waals surface area contributed by atoms with E-state index in [4.69, 9.17) is 10.2 Å². The van der Waals surface area contributed by atoms with Gasteiger partial charge in [-0.2, -0.15) is 0 Å². The predicted octanol–water partition coefficient (Wildman–Crippen LogP) is -0.291. The Hall–Kier alpha value is -0.814. The molecule has 0 aliphatic rings.